The van der Waals surface area contributed by atoms with Crippen LogP contribution in [-0.4, -0.2) is 17.9 Å². The van der Waals surface area contributed by atoms with Gasteiger partial charge in [-0.1, -0.05) is 29.8 Å². The number of amides is 1. The number of hydrogen-bond acceptors (Lipinski definition) is 5. The number of hydrogen-bond donors (Lipinski definition) is 1. The molecule has 1 N–H and O–H groups in total. The van der Waals surface area contributed by atoms with E-state index in [1.54, 1.807) is 25.1 Å². The number of benzene rings is 2. The molecular formula is C23H23NO5. The first-order valence-corrected chi connectivity index (χ1v) is 9.33. The quantitative estimate of drug-likeness (QED) is 0.529. The second-order valence-corrected chi connectivity index (χ2v) is 7.15. The average molecular weight is 393 g/mol. The van der Waals surface area contributed by atoms with Crippen LogP contribution in [0.3, 0.4) is 0 Å². The maximum atomic E-state index is 12.4. The summed E-state index contributed by atoms with van der Waals surface area (Å²) in [7, 11) is 0. The Bertz CT molecular complexity index is 1150. The van der Waals surface area contributed by atoms with Gasteiger partial charge in [0.25, 0.3) is 5.91 Å². The summed E-state index contributed by atoms with van der Waals surface area (Å²) >= 11 is 0. The van der Waals surface area contributed by atoms with Gasteiger partial charge >= 0.3 is 11.6 Å². The predicted octanol–water partition coefficient (Wildman–Crippen LogP) is 3.58. The Kier molecular flexibility index (Phi) is 5.82. The molecule has 0 saturated carbocycles. The molecule has 0 spiro atoms. The van der Waals surface area contributed by atoms with Crippen LogP contribution >= 0.6 is 0 Å². The highest BCUT2D eigenvalue weighted by Gasteiger charge is 2.19. The molecule has 29 heavy (non-hydrogen) atoms. The maximum Gasteiger partial charge on any atom is 0.336 e. The van der Waals surface area contributed by atoms with Gasteiger partial charge in [0.2, 0.25) is 0 Å². The fourth-order valence-electron chi connectivity index (χ4n) is 3.04. The first-order chi connectivity index (χ1) is 13.8. The number of ether oxygens (including phenoxy) is 1. The monoisotopic (exact) mass is 393 g/mol. The first-order valence-electron chi connectivity index (χ1n) is 9.33. The van der Waals surface area contributed by atoms with Gasteiger partial charge in [0.05, 0.1) is 0 Å². The van der Waals surface area contributed by atoms with Gasteiger partial charge in [-0.3, -0.25) is 4.79 Å². The molecule has 2 aromatic carbocycles. The van der Waals surface area contributed by atoms with Crippen LogP contribution in [0.1, 0.15) is 39.5 Å². The van der Waals surface area contributed by atoms with E-state index in [0.717, 1.165) is 22.1 Å². The van der Waals surface area contributed by atoms with Gasteiger partial charge in [-0.2, -0.15) is 0 Å². The number of fused-ring (bicyclic) bond motifs is 1. The van der Waals surface area contributed by atoms with Crippen LogP contribution < -0.4 is 10.9 Å². The molecule has 0 aliphatic heterocycles. The van der Waals surface area contributed by atoms with Crippen LogP contribution in [0.4, 0.5) is 0 Å². The molecule has 0 aliphatic rings. The Hall–Kier alpha value is -3.41. The number of nitrogens with one attached hydrogen (secondary N) is 1. The summed E-state index contributed by atoms with van der Waals surface area (Å²) in [5.74, 6) is -0.939. The minimum atomic E-state index is -0.835. The highest BCUT2D eigenvalue weighted by molar-refractivity contribution is 5.96. The van der Waals surface area contributed by atoms with E-state index in [4.69, 9.17) is 9.15 Å². The Balaban J connectivity index is 1.71. The third-order valence-electron chi connectivity index (χ3n) is 4.87. The lowest BCUT2D eigenvalue weighted by Gasteiger charge is -2.14. The molecule has 150 valence electrons. The zero-order chi connectivity index (χ0) is 21.1. The lowest BCUT2D eigenvalue weighted by Crippen LogP contribution is -2.39. The second kappa shape index (κ2) is 8.31. The molecule has 0 aliphatic carbocycles. The number of carbonyl (C=O) groups is 2. The van der Waals surface area contributed by atoms with Gasteiger partial charge in [-0.05, 0) is 51.0 Å². The van der Waals surface area contributed by atoms with E-state index in [0.29, 0.717) is 16.7 Å². The molecule has 1 heterocycles. The summed E-state index contributed by atoms with van der Waals surface area (Å²) in [4.78, 5) is 36.6. The molecule has 3 aromatic rings. The summed E-state index contributed by atoms with van der Waals surface area (Å²) in [6.07, 6.45) is 0. The zero-order valence-corrected chi connectivity index (χ0v) is 16.9. The number of carbonyl (C=O) groups excluding carboxylic acids is 2. The molecule has 1 atom stereocenters. The van der Waals surface area contributed by atoms with Gasteiger partial charge in [0.15, 0.2) is 0 Å². The van der Waals surface area contributed by atoms with Gasteiger partial charge in [0, 0.05) is 22.6 Å². The SMILES string of the molecule is Cc1cccc(C(=O)N[C@@H](C)C(=O)OCc2cc(=O)oc3c(C)c(C)ccc23)c1. The Labute approximate surface area is 168 Å². The fourth-order valence-corrected chi connectivity index (χ4v) is 3.04. The van der Waals surface area contributed by atoms with Crippen LogP contribution in [0.5, 0.6) is 0 Å². The normalized spacial score (nSPS) is 11.9. The second-order valence-electron chi connectivity index (χ2n) is 7.15. The molecule has 0 bridgehead atoms. The largest absolute Gasteiger partial charge is 0.459 e. The number of esters is 1. The van der Waals surface area contributed by atoms with E-state index in [-0.39, 0.29) is 12.5 Å². The first kappa shape index (κ1) is 20.3. The van der Waals surface area contributed by atoms with Crippen molar-refractivity contribution in [1.29, 1.82) is 0 Å². The van der Waals surface area contributed by atoms with Crippen molar-refractivity contribution in [2.45, 2.75) is 40.3 Å². The molecule has 1 aromatic heterocycles. The molecule has 6 nitrogen and oxygen atoms in total. The van der Waals surface area contributed by atoms with Crippen LogP contribution in [-0.2, 0) is 16.1 Å². The van der Waals surface area contributed by atoms with E-state index < -0.39 is 17.6 Å². The predicted molar refractivity (Wildman–Crippen MR) is 110 cm³/mol. The number of rotatable bonds is 5. The summed E-state index contributed by atoms with van der Waals surface area (Å²) in [5.41, 5.74) is 3.84. The van der Waals surface area contributed by atoms with Crippen molar-refractivity contribution in [3.8, 4) is 0 Å². The Morgan fingerprint density at radius 1 is 1.10 bits per heavy atom. The van der Waals surface area contributed by atoms with Gasteiger partial charge in [0.1, 0.15) is 18.2 Å². The Morgan fingerprint density at radius 2 is 1.86 bits per heavy atom. The minimum absolute atomic E-state index is 0.0892. The minimum Gasteiger partial charge on any atom is -0.459 e. The van der Waals surface area contributed by atoms with Gasteiger partial charge in [-0.25, -0.2) is 9.59 Å². The zero-order valence-electron chi connectivity index (χ0n) is 16.9. The van der Waals surface area contributed by atoms with Crippen molar-refractivity contribution < 1.29 is 18.7 Å². The summed E-state index contributed by atoms with van der Waals surface area (Å²) in [6, 6.07) is 11.3. The maximum absolute atomic E-state index is 12.4. The fraction of sp³-hybridized carbons (Fsp3) is 0.261. The van der Waals surface area contributed by atoms with Gasteiger partial charge < -0.3 is 14.5 Å². The molecule has 6 heteroatoms. The van der Waals surface area contributed by atoms with Crippen molar-refractivity contribution in [2.24, 2.45) is 0 Å². The molecule has 0 unspecified atom stereocenters. The van der Waals surface area contributed by atoms with Crippen molar-refractivity contribution in [3.63, 3.8) is 0 Å². The molecule has 3 rings (SSSR count). The van der Waals surface area contributed by atoms with Crippen molar-refractivity contribution in [2.75, 3.05) is 0 Å². The summed E-state index contributed by atoms with van der Waals surface area (Å²) in [6.45, 7) is 7.16. The van der Waals surface area contributed by atoms with E-state index in [1.165, 1.54) is 6.07 Å². The third-order valence-corrected chi connectivity index (χ3v) is 4.87. The lowest BCUT2D eigenvalue weighted by molar-refractivity contribution is -0.146. The van der Waals surface area contributed by atoms with Crippen LogP contribution in [0.25, 0.3) is 11.0 Å². The number of aryl methyl sites for hydroxylation is 3. The van der Waals surface area contributed by atoms with Crippen LogP contribution in [0, 0.1) is 20.8 Å². The molecule has 1 amide bonds. The average Bonchev–Trinajstić information content (AvgIpc) is 2.68. The van der Waals surface area contributed by atoms with E-state index in [9.17, 15) is 14.4 Å². The van der Waals surface area contributed by atoms with E-state index in [1.807, 2.05) is 39.0 Å². The van der Waals surface area contributed by atoms with Crippen LogP contribution in [0.15, 0.2) is 51.7 Å². The third kappa shape index (κ3) is 4.54. The standard InChI is InChI=1S/C23H23NO5/c1-13-6-5-7-17(10-13)22(26)24-16(4)23(27)28-12-18-11-20(25)29-21-15(3)14(2)8-9-19(18)21/h5-11,16H,12H2,1-4H3,(H,24,26)/t16-/m0/s1. The summed E-state index contributed by atoms with van der Waals surface area (Å²) < 4.78 is 10.7. The highest BCUT2D eigenvalue weighted by Crippen LogP contribution is 2.23. The highest BCUT2D eigenvalue weighted by atomic mass is 16.5. The molecular weight excluding hydrogens is 370 g/mol. The molecule has 0 fully saturated rings. The van der Waals surface area contributed by atoms with Crippen molar-refractivity contribution in [3.05, 3.63) is 80.7 Å². The molecule has 0 saturated heterocycles. The van der Waals surface area contributed by atoms with E-state index in [2.05, 4.69) is 5.32 Å². The Morgan fingerprint density at radius 3 is 2.59 bits per heavy atom. The van der Waals surface area contributed by atoms with Crippen molar-refractivity contribution in [1.82, 2.24) is 5.32 Å². The lowest BCUT2D eigenvalue weighted by atomic mass is 10.0. The summed E-state index contributed by atoms with van der Waals surface area (Å²) in [5, 5.41) is 3.35. The topological polar surface area (TPSA) is 85.6 Å². The van der Waals surface area contributed by atoms with E-state index >= 15 is 0 Å². The smallest absolute Gasteiger partial charge is 0.336 e. The van der Waals surface area contributed by atoms with Crippen LogP contribution in [0.2, 0.25) is 0 Å². The van der Waals surface area contributed by atoms with Crippen molar-refractivity contribution >= 4 is 22.8 Å². The van der Waals surface area contributed by atoms with Gasteiger partial charge in [-0.15, -0.1) is 0 Å². The molecule has 0 radical (unpaired) electrons.